The molecule has 2 rings (SSSR count). The first-order valence-electron chi connectivity index (χ1n) is 5.99. The molecule has 0 radical (unpaired) electrons. The number of rotatable bonds is 2. The van der Waals surface area contributed by atoms with Crippen LogP contribution in [0.1, 0.15) is 39.2 Å². The second kappa shape index (κ2) is 4.32. The smallest absolute Gasteiger partial charge is 0.169 e. The van der Waals surface area contributed by atoms with Crippen LogP contribution in [-0.2, 0) is 0 Å². The number of ether oxygens (including phenoxy) is 1. The lowest BCUT2D eigenvalue weighted by Crippen LogP contribution is -2.35. The van der Waals surface area contributed by atoms with Crippen LogP contribution in [0, 0.1) is 5.92 Å². The molecule has 0 bridgehead atoms. The van der Waals surface area contributed by atoms with Crippen LogP contribution in [0.25, 0.3) is 0 Å². The van der Waals surface area contributed by atoms with Crippen LogP contribution in [0.3, 0.4) is 0 Å². The third kappa shape index (κ3) is 1.99. The number of nitrogens with zero attached hydrogens (tertiary/aromatic N) is 1. The van der Waals surface area contributed by atoms with E-state index >= 15 is 0 Å². The van der Waals surface area contributed by atoms with Crippen molar-refractivity contribution in [2.24, 2.45) is 5.92 Å². The SMILES string of the molecule is CC(C)c1ccnc2c1OC(C(C)C)CN2. The zero-order chi connectivity index (χ0) is 11.7. The number of anilines is 1. The molecule has 3 nitrogen and oxygen atoms in total. The quantitative estimate of drug-likeness (QED) is 0.831. The molecule has 2 heterocycles. The molecule has 0 fully saturated rings. The van der Waals surface area contributed by atoms with Crippen LogP contribution in [0.5, 0.6) is 5.75 Å². The molecule has 0 saturated heterocycles. The minimum atomic E-state index is 0.245. The van der Waals surface area contributed by atoms with Crippen molar-refractivity contribution >= 4 is 5.82 Å². The van der Waals surface area contributed by atoms with Crippen molar-refractivity contribution in [3.63, 3.8) is 0 Å². The van der Waals surface area contributed by atoms with Crippen molar-refractivity contribution in [1.29, 1.82) is 0 Å². The fourth-order valence-electron chi connectivity index (χ4n) is 1.93. The molecular weight excluding hydrogens is 200 g/mol. The van der Waals surface area contributed by atoms with Crippen molar-refractivity contribution in [2.75, 3.05) is 11.9 Å². The second-order valence-electron chi connectivity index (χ2n) is 5.01. The average molecular weight is 220 g/mol. The molecule has 0 aliphatic carbocycles. The number of hydrogen-bond donors (Lipinski definition) is 1. The van der Waals surface area contributed by atoms with E-state index in [0.717, 1.165) is 18.1 Å². The highest BCUT2D eigenvalue weighted by atomic mass is 16.5. The molecule has 0 aromatic carbocycles. The van der Waals surface area contributed by atoms with E-state index in [0.29, 0.717) is 11.8 Å². The molecule has 1 aromatic rings. The lowest BCUT2D eigenvalue weighted by atomic mass is 10.0. The van der Waals surface area contributed by atoms with Crippen LogP contribution < -0.4 is 10.1 Å². The van der Waals surface area contributed by atoms with E-state index < -0.39 is 0 Å². The number of aromatic nitrogens is 1. The summed E-state index contributed by atoms with van der Waals surface area (Å²) in [6.45, 7) is 9.57. The van der Waals surface area contributed by atoms with Gasteiger partial charge in [0.15, 0.2) is 11.6 Å². The number of fused-ring (bicyclic) bond motifs is 1. The van der Waals surface area contributed by atoms with Gasteiger partial charge in [-0.1, -0.05) is 27.7 Å². The van der Waals surface area contributed by atoms with Crippen LogP contribution >= 0.6 is 0 Å². The van der Waals surface area contributed by atoms with Gasteiger partial charge in [0.1, 0.15) is 6.10 Å². The fourth-order valence-corrected chi connectivity index (χ4v) is 1.93. The van der Waals surface area contributed by atoms with E-state index in [-0.39, 0.29) is 6.10 Å². The molecule has 88 valence electrons. The molecule has 1 unspecified atom stereocenters. The molecule has 1 atom stereocenters. The first kappa shape index (κ1) is 11.2. The Labute approximate surface area is 97.2 Å². The first-order valence-corrected chi connectivity index (χ1v) is 5.99. The van der Waals surface area contributed by atoms with E-state index in [9.17, 15) is 0 Å². The van der Waals surface area contributed by atoms with E-state index in [4.69, 9.17) is 4.74 Å². The third-order valence-electron chi connectivity index (χ3n) is 3.04. The Morgan fingerprint density at radius 1 is 1.38 bits per heavy atom. The molecule has 3 heteroatoms. The van der Waals surface area contributed by atoms with Crippen LogP contribution in [0.2, 0.25) is 0 Å². The van der Waals surface area contributed by atoms with Gasteiger partial charge in [0.05, 0.1) is 6.54 Å². The fraction of sp³-hybridized carbons (Fsp3) is 0.615. The van der Waals surface area contributed by atoms with Gasteiger partial charge in [0.2, 0.25) is 0 Å². The number of hydrogen-bond acceptors (Lipinski definition) is 3. The van der Waals surface area contributed by atoms with Gasteiger partial charge in [-0.2, -0.15) is 0 Å². The third-order valence-corrected chi connectivity index (χ3v) is 3.04. The molecule has 0 spiro atoms. The molecule has 0 amide bonds. The molecule has 0 saturated carbocycles. The van der Waals surface area contributed by atoms with Crippen LogP contribution in [-0.4, -0.2) is 17.6 Å². The topological polar surface area (TPSA) is 34.1 Å². The molecule has 1 aliphatic rings. The van der Waals surface area contributed by atoms with Crippen molar-refractivity contribution in [3.05, 3.63) is 17.8 Å². The van der Waals surface area contributed by atoms with Crippen LogP contribution in [0.4, 0.5) is 5.82 Å². The summed E-state index contributed by atoms with van der Waals surface area (Å²) < 4.78 is 6.06. The predicted molar refractivity (Wildman–Crippen MR) is 66.1 cm³/mol. The Balaban J connectivity index is 2.34. The summed E-state index contributed by atoms with van der Waals surface area (Å²) >= 11 is 0. The maximum atomic E-state index is 6.06. The van der Waals surface area contributed by atoms with Crippen molar-refractivity contribution in [3.8, 4) is 5.75 Å². The Bertz CT molecular complexity index is 374. The van der Waals surface area contributed by atoms with Gasteiger partial charge in [-0.15, -0.1) is 0 Å². The lowest BCUT2D eigenvalue weighted by molar-refractivity contribution is 0.153. The largest absolute Gasteiger partial charge is 0.484 e. The lowest BCUT2D eigenvalue weighted by Gasteiger charge is -2.31. The summed E-state index contributed by atoms with van der Waals surface area (Å²) in [5, 5.41) is 3.35. The monoisotopic (exact) mass is 220 g/mol. The number of nitrogens with one attached hydrogen (secondary N) is 1. The van der Waals surface area contributed by atoms with E-state index in [2.05, 4.69) is 38.0 Å². The van der Waals surface area contributed by atoms with Gasteiger partial charge in [0.25, 0.3) is 0 Å². The first-order chi connectivity index (χ1) is 7.59. The zero-order valence-electron chi connectivity index (χ0n) is 10.4. The van der Waals surface area contributed by atoms with Crippen molar-refractivity contribution in [2.45, 2.75) is 39.7 Å². The summed E-state index contributed by atoms with van der Waals surface area (Å²) in [6, 6.07) is 2.05. The normalized spacial score (nSPS) is 19.2. The maximum Gasteiger partial charge on any atom is 0.169 e. The Morgan fingerprint density at radius 2 is 2.12 bits per heavy atom. The van der Waals surface area contributed by atoms with Gasteiger partial charge in [-0.05, 0) is 17.9 Å². The predicted octanol–water partition coefficient (Wildman–Crippen LogP) is 3.03. The molecule has 16 heavy (non-hydrogen) atoms. The van der Waals surface area contributed by atoms with Gasteiger partial charge in [-0.3, -0.25) is 0 Å². The van der Waals surface area contributed by atoms with Crippen molar-refractivity contribution < 1.29 is 4.74 Å². The summed E-state index contributed by atoms with van der Waals surface area (Å²) in [5.74, 6) is 2.82. The van der Waals surface area contributed by atoms with Gasteiger partial charge >= 0.3 is 0 Å². The summed E-state index contributed by atoms with van der Waals surface area (Å²) in [4.78, 5) is 4.32. The minimum Gasteiger partial charge on any atom is -0.484 e. The average Bonchev–Trinajstić information content (AvgIpc) is 2.27. The Morgan fingerprint density at radius 3 is 2.75 bits per heavy atom. The zero-order valence-corrected chi connectivity index (χ0v) is 10.4. The van der Waals surface area contributed by atoms with Crippen molar-refractivity contribution in [1.82, 2.24) is 4.98 Å². The molecule has 1 N–H and O–H groups in total. The highest BCUT2D eigenvalue weighted by Crippen LogP contribution is 2.36. The van der Waals surface area contributed by atoms with E-state index in [1.165, 1.54) is 5.56 Å². The molecule has 1 aromatic heterocycles. The second-order valence-corrected chi connectivity index (χ2v) is 5.01. The highest BCUT2D eigenvalue weighted by Gasteiger charge is 2.25. The van der Waals surface area contributed by atoms with Crippen LogP contribution in [0.15, 0.2) is 12.3 Å². The maximum absolute atomic E-state index is 6.06. The van der Waals surface area contributed by atoms with E-state index in [1.807, 2.05) is 12.3 Å². The van der Waals surface area contributed by atoms with Gasteiger partial charge in [0, 0.05) is 11.8 Å². The molecule has 1 aliphatic heterocycles. The van der Waals surface area contributed by atoms with Gasteiger partial charge in [-0.25, -0.2) is 4.98 Å². The Kier molecular flexibility index (Phi) is 3.03. The highest BCUT2D eigenvalue weighted by molar-refractivity contribution is 5.57. The summed E-state index contributed by atoms with van der Waals surface area (Å²) in [7, 11) is 0. The standard InChI is InChI=1S/C13H20N2O/c1-8(2)10-5-6-14-13-12(10)16-11(7-15-13)9(3)4/h5-6,8-9,11H,7H2,1-4H3,(H,14,15). The Hall–Kier alpha value is -1.25. The summed E-state index contributed by atoms with van der Waals surface area (Å²) in [5.41, 5.74) is 1.24. The summed E-state index contributed by atoms with van der Waals surface area (Å²) in [6.07, 6.45) is 2.09. The molecular formula is C13H20N2O. The van der Waals surface area contributed by atoms with Gasteiger partial charge < -0.3 is 10.1 Å². The van der Waals surface area contributed by atoms with E-state index in [1.54, 1.807) is 0 Å². The number of pyridine rings is 1. The minimum absolute atomic E-state index is 0.245.